The van der Waals surface area contributed by atoms with E-state index < -0.39 is 5.54 Å². The van der Waals surface area contributed by atoms with Crippen LogP contribution in [0.25, 0.3) is 10.9 Å². The first kappa shape index (κ1) is 17.4. The molecule has 0 fully saturated rings. The van der Waals surface area contributed by atoms with Crippen molar-refractivity contribution in [2.24, 2.45) is 0 Å². The number of hydrogen-bond donors (Lipinski definition) is 0. The van der Waals surface area contributed by atoms with E-state index in [4.69, 9.17) is 0 Å². The predicted octanol–water partition coefficient (Wildman–Crippen LogP) is 4.91. The van der Waals surface area contributed by atoms with Gasteiger partial charge in [-0.1, -0.05) is 28.1 Å². The van der Waals surface area contributed by atoms with Gasteiger partial charge < -0.3 is 4.57 Å². The highest BCUT2D eigenvalue weighted by Gasteiger charge is 2.35. The quantitative estimate of drug-likeness (QED) is 0.345. The number of benzene rings is 1. The molecule has 27 heavy (non-hydrogen) atoms. The summed E-state index contributed by atoms with van der Waals surface area (Å²) in [6.07, 6.45) is 5.33. The Morgan fingerprint density at radius 3 is 2.19 bits per heavy atom. The Labute approximate surface area is 163 Å². The summed E-state index contributed by atoms with van der Waals surface area (Å²) >= 11 is 3.40. The van der Waals surface area contributed by atoms with Crippen molar-refractivity contribution in [3.8, 4) is 0 Å². The molecule has 1 aromatic carbocycles. The fourth-order valence-corrected chi connectivity index (χ4v) is 3.84. The van der Waals surface area contributed by atoms with Crippen molar-refractivity contribution >= 4 is 32.5 Å². The molecule has 0 spiro atoms. The second kappa shape index (κ2) is 6.59. The highest BCUT2D eigenvalue weighted by Crippen LogP contribution is 2.38. The van der Waals surface area contributed by atoms with Crippen molar-refractivity contribution in [2.75, 3.05) is 0 Å². The first-order valence-electron chi connectivity index (χ1n) is 8.30. The van der Waals surface area contributed by atoms with Gasteiger partial charge in [-0.2, -0.15) is 0 Å². The number of non-ortho nitro benzene ring substituents is 1. The number of halogens is 1. The van der Waals surface area contributed by atoms with Gasteiger partial charge >= 0.3 is 0 Å². The summed E-state index contributed by atoms with van der Waals surface area (Å²) in [5.41, 5.74) is 1.64. The molecular weight excluding hydrogens is 408 g/mol. The summed E-state index contributed by atoms with van der Waals surface area (Å²) in [4.78, 5) is 20.3. The molecule has 0 aliphatic rings. The first-order chi connectivity index (χ1) is 13.0. The summed E-state index contributed by atoms with van der Waals surface area (Å²) in [7, 11) is 0. The van der Waals surface area contributed by atoms with Crippen molar-refractivity contribution in [1.82, 2.24) is 14.5 Å². The van der Waals surface area contributed by atoms with Crippen LogP contribution in [0.2, 0.25) is 0 Å². The molecule has 3 heterocycles. The van der Waals surface area contributed by atoms with Gasteiger partial charge in [0.1, 0.15) is 5.54 Å². The second-order valence-corrected chi connectivity index (χ2v) is 7.22. The van der Waals surface area contributed by atoms with E-state index in [1.807, 2.05) is 60.2 Å². The first-order valence-corrected chi connectivity index (χ1v) is 9.09. The zero-order chi connectivity index (χ0) is 19.0. The molecule has 0 aliphatic carbocycles. The van der Waals surface area contributed by atoms with Gasteiger partial charge in [0, 0.05) is 29.1 Å². The molecule has 0 amide bonds. The van der Waals surface area contributed by atoms with E-state index in [1.165, 1.54) is 6.07 Å². The molecule has 0 saturated carbocycles. The van der Waals surface area contributed by atoms with E-state index in [2.05, 4.69) is 25.9 Å². The molecule has 4 rings (SSSR count). The molecule has 7 heteroatoms. The molecule has 0 N–H and O–H groups in total. The summed E-state index contributed by atoms with van der Waals surface area (Å²) < 4.78 is 2.64. The Kier molecular flexibility index (Phi) is 4.24. The van der Waals surface area contributed by atoms with Gasteiger partial charge in [0.2, 0.25) is 0 Å². The Balaban J connectivity index is 2.07. The smallest absolute Gasteiger partial charge is 0.279 e. The molecule has 0 radical (unpaired) electrons. The van der Waals surface area contributed by atoms with Gasteiger partial charge in [-0.05, 0) is 43.3 Å². The van der Waals surface area contributed by atoms with Crippen molar-refractivity contribution < 1.29 is 4.92 Å². The van der Waals surface area contributed by atoms with Crippen LogP contribution >= 0.6 is 15.9 Å². The van der Waals surface area contributed by atoms with Crippen molar-refractivity contribution in [2.45, 2.75) is 12.5 Å². The lowest BCUT2D eigenvalue weighted by atomic mass is 9.91. The molecule has 0 saturated heterocycles. The Hall–Kier alpha value is -3.06. The van der Waals surface area contributed by atoms with E-state index in [9.17, 15) is 10.1 Å². The third kappa shape index (κ3) is 2.80. The maximum Gasteiger partial charge on any atom is 0.279 e. The number of nitro groups is 1. The highest BCUT2D eigenvalue weighted by molar-refractivity contribution is 9.10. The van der Waals surface area contributed by atoms with Gasteiger partial charge in [0.05, 0.1) is 27.2 Å². The molecule has 6 nitrogen and oxygen atoms in total. The minimum atomic E-state index is -0.737. The molecule has 0 bridgehead atoms. The van der Waals surface area contributed by atoms with Gasteiger partial charge in [0.15, 0.2) is 0 Å². The molecule has 0 atom stereocenters. The minimum absolute atomic E-state index is 0.0579. The van der Waals surface area contributed by atoms with Crippen LogP contribution in [0.4, 0.5) is 5.69 Å². The highest BCUT2D eigenvalue weighted by atomic mass is 79.9. The number of hydrogen-bond acceptors (Lipinski definition) is 4. The monoisotopic (exact) mass is 422 g/mol. The molecule has 134 valence electrons. The van der Waals surface area contributed by atoms with Gasteiger partial charge in [0.25, 0.3) is 5.69 Å². The number of nitrogens with zero attached hydrogens (tertiary/aromatic N) is 4. The lowest BCUT2D eigenvalue weighted by Gasteiger charge is -2.31. The van der Waals surface area contributed by atoms with Crippen LogP contribution < -0.4 is 0 Å². The zero-order valence-electron chi connectivity index (χ0n) is 14.4. The van der Waals surface area contributed by atoms with Gasteiger partial charge in [-0.3, -0.25) is 20.1 Å². The summed E-state index contributed by atoms with van der Waals surface area (Å²) in [5, 5.41) is 12.1. The molecule has 0 unspecified atom stereocenters. The Bertz CT molecular complexity index is 1090. The van der Waals surface area contributed by atoms with Crippen molar-refractivity contribution in [3.05, 3.63) is 99.2 Å². The van der Waals surface area contributed by atoms with Crippen LogP contribution in [-0.4, -0.2) is 19.5 Å². The number of nitro benzene ring substituents is 1. The fourth-order valence-electron chi connectivity index (χ4n) is 3.41. The minimum Gasteiger partial charge on any atom is -0.330 e. The van der Waals surface area contributed by atoms with E-state index in [0.29, 0.717) is 9.86 Å². The maximum atomic E-state index is 11.5. The van der Waals surface area contributed by atoms with E-state index in [0.717, 1.165) is 16.9 Å². The Morgan fingerprint density at radius 1 is 1.04 bits per heavy atom. The fraction of sp³-hybridized carbons (Fsp3) is 0.100. The number of rotatable bonds is 4. The van der Waals surface area contributed by atoms with Crippen molar-refractivity contribution in [3.63, 3.8) is 0 Å². The standard InChI is InChI=1S/C20H15BrN4O2/c1-20(18-6-2-4-9-22-18,19-7-3-5-10-23-19)24-11-8-15-16(24)12-14(21)13-17(15)25(26)27/h2-13H,1H3. The second-order valence-electron chi connectivity index (χ2n) is 6.30. The maximum absolute atomic E-state index is 11.5. The van der Waals surface area contributed by atoms with Crippen LogP contribution in [0.3, 0.4) is 0 Å². The zero-order valence-corrected chi connectivity index (χ0v) is 16.0. The molecule has 3 aromatic heterocycles. The lowest BCUT2D eigenvalue weighted by Crippen LogP contribution is -2.34. The van der Waals surface area contributed by atoms with Crippen LogP contribution in [0, 0.1) is 10.1 Å². The number of aromatic nitrogens is 3. The third-order valence-electron chi connectivity index (χ3n) is 4.76. The number of pyridine rings is 2. The topological polar surface area (TPSA) is 73.8 Å². The van der Waals surface area contributed by atoms with Gasteiger partial charge in [-0.15, -0.1) is 0 Å². The SMILES string of the molecule is CC(c1ccccn1)(c1ccccn1)n1ccc2c([N+](=O)[O-])cc(Br)cc21. The molecule has 4 aromatic rings. The summed E-state index contributed by atoms with van der Waals surface area (Å²) in [6.45, 7) is 2.02. The van der Waals surface area contributed by atoms with E-state index in [1.54, 1.807) is 18.5 Å². The number of fused-ring (bicyclic) bond motifs is 1. The van der Waals surface area contributed by atoms with Gasteiger partial charge in [-0.25, -0.2) is 0 Å². The summed E-state index contributed by atoms with van der Waals surface area (Å²) in [6, 6.07) is 16.6. The molecule has 0 aliphatic heterocycles. The van der Waals surface area contributed by atoms with E-state index >= 15 is 0 Å². The lowest BCUT2D eigenvalue weighted by molar-refractivity contribution is -0.383. The molecular formula is C20H15BrN4O2. The largest absolute Gasteiger partial charge is 0.330 e. The Morgan fingerprint density at radius 2 is 1.67 bits per heavy atom. The summed E-state index contributed by atoms with van der Waals surface area (Å²) in [5.74, 6) is 0. The average molecular weight is 423 g/mol. The van der Waals surface area contributed by atoms with Crippen LogP contribution in [-0.2, 0) is 5.54 Å². The average Bonchev–Trinajstić information content (AvgIpc) is 3.12. The van der Waals surface area contributed by atoms with Crippen LogP contribution in [0.5, 0.6) is 0 Å². The third-order valence-corrected chi connectivity index (χ3v) is 5.21. The van der Waals surface area contributed by atoms with Crippen LogP contribution in [0.15, 0.2) is 77.7 Å². The van der Waals surface area contributed by atoms with Crippen LogP contribution in [0.1, 0.15) is 18.3 Å². The predicted molar refractivity (Wildman–Crippen MR) is 107 cm³/mol. The van der Waals surface area contributed by atoms with E-state index in [-0.39, 0.29) is 10.6 Å². The van der Waals surface area contributed by atoms with Crippen molar-refractivity contribution in [1.29, 1.82) is 0 Å². The normalized spacial score (nSPS) is 11.6.